The maximum absolute atomic E-state index is 14.0. The third-order valence-electron chi connectivity index (χ3n) is 3.53. The van der Waals surface area contributed by atoms with E-state index in [4.69, 9.17) is 19.9 Å². The van der Waals surface area contributed by atoms with Crippen LogP contribution in [0.2, 0.25) is 0 Å². The smallest absolute Gasteiger partial charge is 0.349 e. The van der Waals surface area contributed by atoms with Crippen molar-refractivity contribution in [3.63, 3.8) is 0 Å². The lowest BCUT2D eigenvalue weighted by Crippen LogP contribution is -2.25. The van der Waals surface area contributed by atoms with Gasteiger partial charge in [0.2, 0.25) is 0 Å². The lowest BCUT2D eigenvalue weighted by molar-refractivity contribution is -0.138. The van der Waals surface area contributed by atoms with Crippen LogP contribution in [-0.4, -0.2) is 36.3 Å². The fraction of sp³-hybridized carbons (Fsp3) is 0.190. The molecule has 0 radical (unpaired) electrons. The largest absolute Gasteiger partial charge is 0.480 e. The molecule has 8 nitrogen and oxygen atoms in total. The average molecular weight is 415 g/mol. The summed E-state index contributed by atoms with van der Waals surface area (Å²) < 4.78 is 29.3. The Morgan fingerprint density at radius 2 is 1.83 bits per heavy atom. The Labute approximate surface area is 173 Å². The number of aliphatic hydroxyl groups is 1. The van der Waals surface area contributed by atoms with Crippen molar-refractivity contribution in [1.29, 1.82) is 0 Å². The first-order valence-electron chi connectivity index (χ1n) is 9.08. The van der Waals surface area contributed by atoms with Gasteiger partial charge in [0.1, 0.15) is 5.75 Å². The van der Waals surface area contributed by atoms with Crippen LogP contribution in [0.25, 0.3) is 0 Å². The Morgan fingerprint density at radius 3 is 2.50 bits per heavy atom. The summed E-state index contributed by atoms with van der Waals surface area (Å²) in [7, 11) is 0. The molecule has 0 spiro atoms. The number of benzene rings is 2. The van der Waals surface area contributed by atoms with Crippen molar-refractivity contribution in [2.24, 2.45) is 15.9 Å². The number of aliphatic hydroxyl groups excluding tert-OH is 1. The van der Waals surface area contributed by atoms with Crippen LogP contribution in [0.3, 0.4) is 0 Å². The van der Waals surface area contributed by atoms with E-state index in [-0.39, 0.29) is 19.0 Å². The van der Waals surface area contributed by atoms with E-state index in [0.29, 0.717) is 11.3 Å². The predicted molar refractivity (Wildman–Crippen MR) is 110 cm³/mol. The normalized spacial score (nSPS) is 12.4. The molecule has 0 aliphatic heterocycles. The van der Waals surface area contributed by atoms with E-state index in [1.54, 1.807) is 38.1 Å². The van der Waals surface area contributed by atoms with Crippen molar-refractivity contribution in [3.8, 4) is 11.5 Å². The van der Waals surface area contributed by atoms with E-state index in [9.17, 15) is 14.3 Å². The molecular weight excluding hydrogens is 393 g/mol. The maximum atomic E-state index is 14.0. The Morgan fingerprint density at radius 1 is 1.13 bits per heavy atom. The molecule has 158 valence electrons. The number of amidine groups is 1. The predicted octanol–water partition coefficient (Wildman–Crippen LogP) is 3.68. The molecule has 0 aliphatic rings. The van der Waals surface area contributed by atoms with Gasteiger partial charge in [-0.2, -0.15) is 5.10 Å². The first kappa shape index (κ1) is 22.4. The Hall–Kier alpha value is -3.88. The first-order valence-corrected chi connectivity index (χ1v) is 9.08. The van der Waals surface area contributed by atoms with Crippen LogP contribution >= 0.6 is 0 Å². The minimum atomic E-state index is -0.903. The van der Waals surface area contributed by atoms with Gasteiger partial charge >= 0.3 is 5.97 Å². The highest BCUT2D eigenvalue weighted by Crippen LogP contribution is 2.24. The number of rotatable bonds is 9. The van der Waals surface area contributed by atoms with Crippen molar-refractivity contribution >= 4 is 18.0 Å². The summed E-state index contributed by atoms with van der Waals surface area (Å²) in [6, 6.07) is 12.8. The van der Waals surface area contributed by atoms with Gasteiger partial charge in [-0.15, -0.1) is 5.10 Å². The van der Waals surface area contributed by atoms with Crippen molar-refractivity contribution in [2.45, 2.75) is 13.8 Å². The van der Waals surface area contributed by atoms with E-state index in [1.807, 2.05) is 6.07 Å². The molecule has 0 fully saturated rings. The number of esters is 1. The van der Waals surface area contributed by atoms with E-state index in [0.717, 1.165) is 0 Å². The second-order valence-electron chi connectivity index (χ2n) is 5.67. The van der Waals surface area contributed by atoms with Crippen LogP contribution in [0.1, 0.15) is 19.4 Å². The Bertz CT molecular complexity index is 958. The van der Waals surface area contributed by atoms with Gasteiger partial charge in [0, 0.05) is 0 Å². The summed E-state index contributed by atoms with van der Waals surface area (Å²) in [5.74, 6) is -2.09. The highest BCUT2D eigenvalue weighted by Gasteiger charge is 2.22. The minimum Gasteiger partial charge on any atom is -0.480 e. The number of carbonyl (C=O) groups excluding carboxylic acids is 1. The molecule has 30 heavy (non-hydrogen) atoms. The van der Waals surface area contributed by atoms with Crippen LogP contribution in [0.4, 0.5) is 4.39 Å². The van der Waals surface area contributed by atoms with Crippen molar-refractivity contribution in [2.75, 3.05) is 13.2 Å². The van der Waals surface area contributed by atoms with Gasteiger partial charge in [0.05, 0.1) is 19.4 Å². The third-order valence-corrected chi connectivity index (χ3v) is 3.53. The molecule has 0 saturated heterocycles. The third kappa shape index (κ3) is 6.33. The van der Waals surface area contributed by atoms with E-state index in [2.05, 4.69) is 10.2 Å². The first-order chi connectivity index (χ1) is 14.5. The van der Waals surface area contributed by atoms with Crippen molar-refractivity contribution in [1.82, 2.24) is 0 Å². The molecule has 0 aliphatic carbocycles. The SMILES string of the molecule is CCOC(=O)C(C(N)=N/N=C\c1ccc(F)c(Oc2ccccc2)c1)=C(O)OCC. The van der Waals surface area contributed by atoms with Crippen LogP contribution in [0.5, 0.6) is 11.5 Å². The number of para-hydroxylation sites is 1. The summed E-state index contributed by atoms with van der Waals surface area (Å²) in [4.78, 5) is 12.0. The van der Waals surface area contributed by atoms with E-state index < -0.39 is 29.1 Å². The number of nitrogens with zero attached hydrogens (tertiary/aromatic N) is 2. The molecule has 2 aromatic carbocycles. The van der Waals surface area contributed by atoms with Crippen LogP contribution in [0.15, 0.2) is 70.3 Å². The summed E-state index contributed by atoms with van der Waals surface area (Å²) in [6.45, 7) is 3.39. The molecule has 0 atom stereocenters. The van der Waals surface area contributed by atoms with Crippen LogP contribution in [-0.2, 0) is 14.3 Å². The molecular formula is C21H22FN3O5. The monoisotopic (exact) mass is 415 g/mol. The van der Waals surface area contributed by atoms with Crippen LogP contribution in [0, 0.1) is 5.82 Å². The van der Waals surface area contributed by atoms with Gasteiger partial charge in [-0.25, -0.2) is 9.18 Å². The Kier molecular flexibility index (Phi) is 8.37. The van der Waals surface area contributed by atoms with E-state index in [1.165, 1.54) is 24.4 Å². The molecule has 0 unspecified atom stereocenters. The fourth-order valence-electron chi connectivity index (χ4n) is 2.22. The van der Waals surface area contributed by atoms with Gasteiger partial charge < -0.3 is 25.1 Å². The molecule has 2 aromatic rings. The number of ether oxygens (including phenoxy) is 3. The number of hydrogen-bond donors (Lipinski definition) is 2. The minimum absolute atomic E-state index is 0.00296. The van der Waals surface area contributed by atoms with Crippen molar-refractivity contribution < 1.29 is 28.5 Å². The molecule has 0 bridgehead atoms. The molecule has 0 aromatic heterocycles. The maximum Gasteiger partial charge on any atom is 0.349 e. The molecule has 0 amide bonds. The van der Waals surface area contributed by atoms with Crippen LogP contribution < -0.4 is 10.5 Å². The molecule has 0 heterocycles. The van der Waals surface area contributed by atoms with Gasteiger partial charge in [0.15, 0.2) is 23.0 Å². The lowest BCUT2D eigenvalue weighted by atomic mass is 10.2. The van der Waals surface area contributed by atoms with Gasteiger partial charge in [0.25, 0.3) is 5.95 Å². The lowest BCUT2D eigenvalue weighted by Gasteiger charge is -2.08. The van der Waals surface area contributed by atoms with Gasteiger partial charge in [-0.1, -0.05) is 24.3 Å². The summed E-state index contributed by atoms with van der Waals surface area (Å²) >= 11 is 0. The molecule has 2 rings (SSSR count). The zero-order chi connectivity index (χ0) is 21.9. The molecule has 3 N–H and O–H groups in total. The number of nitrogens with two attached hydrogens (primary N) is 1. The van der Waals surface area contributed by atoms with Crippen molar-refractivity contribution in [3.05, 3.63) is 71.4 Å². The number of hydrogen-bond acceptors (Lipinski definition) is 7. The number of halogens is 1. The topological polar surface area (TPSA) is 116 Å². The summed E-state index contributed by atoms with van der Waals surface area (Å²) in [5.41, 5.74) is 5.78. The van der Waals surface area contributed by atoms with E-state index >= 15 is 0 Å². The number of carbonyl (C=O) groups is 1. The zero-order valence-corrected chi connectivity index (χ0v) is 16.5. The second-order valence-corrected chi connectivity index (χ2v) is 5.67. The highest BCUT2D eigenvalue weighted by atomic mass is 19.1. The average Bonchev–Trinajstić information content (AvgIpc) is 2.72. The molecule has 9 heteroatoms. The summed E-state index contributed by atoms with van der Waals surface area (Å²) in [6.07, 6.45) is 1.28. The standard InChI is InChI=1S/C21H22FN3O5/c1-3-28-20(26)18(21(27)29-4-2)19(23)25-24-13-14-10-11-16(22)17(12-14)30-15-8-6-5-7-9-15/h5-13,26H,3-4H2,1-2H3,(H2,23,25)/b20-18?,24-13-. The Balaban J connectivity index is 2.23. The fourth-order valence-corrected chi connectivity index (χ4v) is 2.22. The van der Waals surface area contributed by atoms with Gasteiger partial charge in [-0.3, -0.25) is 0 Å². The van der Waals surface area contributed by atoms with Gasteiger partial charge in [-0.05, 0) is 43.7 Å². The second kappa shape index (κ2) is 11.2. The highest BCUT2D eigenvalue weighted by molar-refractivity contribution is 6.18. The summed E-state index contributed by atoms with van der Waals surface area (Å²) in [5, 5.41) is 17.4. The zero-order valence-electron chi connectivity index (χ0n) is 16.5. The quantitative estimate of drug-likeness (QED) is 0.161. The molecule has 0 saturated carbocycles.